The molecule has 0 amide bonds. The zero-order valence-corrected chi connectivity index (χ0v) is 11.0. The second-order valence-corrected chi connectivity index (χ2v) is 5.72. The second-order valence-electron chi connectivity index (χ2n) is 3.92. The molecule has 3 nitrogen and oxygen atoms in total. The van der Waals surface area contributed by atoms with Crippen LogP contribution in [0.5, 0.6) is 0 Å². The normalized spacial score (nSPS) is 15.2. The van der Waals surface area contributed by atoms with Gasteiger partial charge in [0, 0.05) is 29.9 Å². The van der Waals surface area contributed by atoms with Crippen LogP contribution in [0.2, 0.25) is 0 Å². The number of hydrogen-bond donors (Lipinski definition) is 2. The first-order chi connectivity index (χ1) is 7.03. The molecule has 0 saturated carbocycles. The van der Waals surface area contributed by atoms with Crippen LogP contribution in [0.15, 0.2) is 5.38 Å². The molecule has 0 aromatic carbocycles. The Hall–Kier alpha value is -0.100. The Labute approximate surface area is 99.3 Å². The lowest BCUT2D eigenvalue weighted by molar-refractivity contribution is 0.0846. The zero-order chi connectivity index (χ0) is 11.3. The SMILES string of the molecule is CSCC(C)(O)CNCc1nc(C)cs1. The molecule has 0 saturated heterocycles. The van der Waals surface area contributed by atoms with Gasteiger partial charge in [0.25, 0.3) is 0 Å². The lowest BCUT2D eigenvalue weighted by Gasteiger charge is -2.22. The maximum absolute atomic E-state index is 9.90. The van der Waals surface area contributed by atoms with E-state index in [9.17, 15) is 5.11 Å². The maximum atomic E-state index is 9.90. The molecule has 0 bridgehead atoms. The topological polar surface area (TPSA) is 45.1 Å². The van der Waals surface area contributed by atoms with Crippen molar-refractivity contribution in [1.82, 2.24) is 10.3 Å². The van der Waals surface area contributed by atoms with Crippen LogP contribution >= 0.6 is 23.1 Å². The predicted molar refractivity (Wildman–Crippen MR) is 67.6 cm³/mol. The smallest absolute Gasteiger partial charge is 0.107 e. The number of rotatable bonds is 6. The first kappa shape index (κ1) is 13.0. The van der Waals surface area contributed by atoms with Gasteiger partial charge in [0.05, 0.1) is 5.60 Å². The van der Waals surface area contributed by atoms with Gasteiger partial charge < -0.3 is 10.4 Å². The van der Waals surface area contributed by atoms with Crippen molar-refractivity contribution in [3.05, 3.63) is 16.1 Å². The van der Waals surface area contributed by atoms with Crippen LogP contribution in [0.3, 0.4) is 0 Å². The summed E-state index contributed by atoms with van der Waals surface area (Å²) in [5.74, 6) is 0.747. The molecule has 0 radical (unpaired) electrons. The van der Waals surface area contributed by atoms with E-state index in [0.29, 0.717) is 6.54 Å². The third-order valence-corrected chi connectivity index (χ3v) is 3.78. The molecule has 1 rings (SSSR count). The highest BCUT2D eigenvalue weighted by Crippen LogP contribution is 2.11. The van der Waals surface area contributed by atoms with Crippen molar-refractivity contribution >= 4 is 23.1 Å². The summed E-state index contributed by atoms with van der Waals surface area (Å²) in [6.07, 6.45) is 2.00. The van der Waals surface area contributed by atoms with E-state index in [1.54, 1.807) is 23.1 Å². The minimum absolute atomic E-state index is 0.604. The van der Waals surface area contributed by atoms with Gasteiger partial charge in [0.1, 0.15) is 5.01 Å². The minimum atomic E-state index is -0.633. The summed E-state index contributed by atoms with van der Waals surface area (Å²) in [6.45, 7) is 5.18. The molecule has 15 heavy (non-hydrogen) atoms. The van der Waals surface area contributed by atoms with Gasteiger partial charge in [0.15, 0.2) is 0 Å². The molecule has 5 heteroatoms. The molecular weight excluding hydrogens is 228 g/mol. The Morgan fingerprint density at radius 2 is 2.40 bits per heavy atom. The molecule has 0 aliphatic carbocycles. The molecule has 1 unspecified atom stereocenters. The van der Waals surface area contributed by atoms with Gasteiger partial charge in [-0.1, -0.05) is 0 Å². The quantitative estimate of drug-likeness (QED) is 0.801. The van der Waals surface area contributed by atoms with Gasteiger partial charge in [-0.25, -0.2) is 4.98 Å². The Bertz CT molecular complexity index is 299. The Balaban J connectivity index is 2.27. The summed E-state index contributed by atoms with van der Waals surface area (Å²) in [4.78, 5) is 4.35. The molecule has 1 atom stereocenters. The van der Waals surface area contributed by atoms with Crippen LogP contribution in [-0.2, 0) is 6.54 Å². The molecule has 1 aromatic heterocycles. The maximum Gasteiger partial charge on any atom is 0.107 e. The molecule has 0 aliphatic rings. The van der Waals surface area contributed by atoms with E-state index in [2.05, 4.69) is 10.3 Å². The van der Waals surface area contributed by atoms with Crippen LogP contribution in [0, 0.1) is 6.92 Å². The summed E-state index contributed by atoms with van der Waals surface area (Å²) >= 11 is 3.31. The van der Waals surface area contributed by atoms with Gasteiger partial charge in [-0.2, -0.15) is 11.8 Å². The Morgan fingerprint density at radius 3 is 2.93 bits per heavy atom. The number of nitrogens with zero attached hydrogens (tertiary/aromatic N) is 1. The first-order valence-electron chi connectivity index (χ1n) is 4.86. The third-order valence-electron chi connectivity index (χ3n) is 1.90. The monoisotopic (exact) mass is 246 g/mol. The van der Waals surface area contributed by atoms with Gasteiger partial charge in [-0.15, -0.1) is 11.3 Å². The summed E-state index contributed by atoms with van der Waals surface area (Å²) < 4.78 is 0. The number of hydrogen-bond acceptors (Lipinski definition) is 5. The Kier molecular flexibility index (Phi) is 5.05. The summed E-state index contributed by atoms with van der Waals surface area (Å²) in [5, 5.41) is 16.2. The van der Waals surface area contributed by atoms with Crippen LogP contribution in [0.1, 0.15) is 17.6 Å². The molecule has 86 valence electrons. The molecule has 0 spiro atoms. The van der Waals surface area contributed by atoms with E-state index in [1.807, 2.05) is 25.5 Å². The third kappa shape index (κ3) is 4.97. The number of aryl methyl sites for hydroxylation is 1. The lowest BCUT2D eigenvalue weighted by atomic mass is 10.1. The van der Waals surface area contributed by atoms with Crippen LogP contribution in [0.4, 0.5) is 0 Å². The fourth-order valence-electron chi connectivity index (χ4n) is 1.28. The first-order valence-corrected chi connectivity index (χ1v) is 7.14. The van der Waals surface area contributed by atoms with E-state index >= 15 is 0 Å². The summed E-state index contributed by atoms with van der Waals surface area (Å²) in [5.41, 5.74) is 0.429. The van der Waals surface area contributed by atoms with E-state index in [4.69, 9.17) is 0 Å². The van der Waals surface area contributed by atoms with Crippen LogP contribution in [-0.4, -0.2) is 34.2 Å². The van der Waals surface area contributed by atoms with E-state index in [0.717, 1.165) is 23.0 Å². The van der Waals surface area contributed by atoms with Crippen LogP contribution < -0.4 is 5.32 Å². The van der Waals surface area contributed by atoms with Gasteiger partial charge in [-0.05, 0) is 20.1 Å². The Morgan fingerprint density at radius 1 is 1.67 bits per heavy atom. The largest absolute Gasteiger partial charge is 0.388 e. The molecule has 1 aromatic rings. The highest BCUT2D eigenvalue weighted by molar-refractivity contribution is 7.98. The molecule has 1 heterocycles. The standard InChI is InChI=1S/C10H18N2OS2/c1-8-5-15-9(12-8)4-11-6-10(2,13)7-14-3/h5,11,13H,4,6-7H2,1-3H3. The number of thioether (sulfide) groups is 1. The number of nitrogens with one attached hydrogen (secondary N) is 1. The average Bonchev–Trinajstić information content (AvgIpc) is 2.51. The van der Waals surface area contributed by atoms with Crippen molar-refractivity contribution in [3.63, 3.8) is 0 Å². The molecule has 0 fully saturated rings. The highest BCUT2D eigenvalue weighted by atomic mass is 32.2. The predicted octanol–water partition coefficient (Wildman–Crippen LogP) is 1.66. The van der Waals surface area contributed by atoms with Crippen molar-refractivity contribution in [2.75, 3.05) is 18.6 Å². The lowest BCUT2D eigenvalue weighted by Crippen LogP contribution is -2.39. The fraction of sp³-hybridized carbons (Fsp3) is 0.700. The number of aromatic nitrogens is 1. The van der Waals surface area contributed by atoms with Gasteiger partial charge in [-0.3, -0.25) is 0 Å². The minimum Gasteiger partial charge on any atom is -0.388 e. The van der Waals surface area contributed by atoms with Crippen molar-refractivity contribution in [2.45, 2.75) is 26.0 Å². The van der Waals surface area contributed by atoms with E-state index in [1.165, 1.54) is 0 Å². The van der Waals surface area contributed by atoms with E-state index < -0.39 is 5.60 Å². The summed E-state index contributed by atoms with van der Waals surface area (Å²) in [7, 11) is 0. The van der Waals surface area contributed by atoms with Crippen molar-refractivity contribution < 1.29 is 5.11 Å². The fourth-order valence-corrected chi connectivity index (χ4v) is 2.75. The molecule has 2 N–H and O–H groups in total. The van der Waals surface area contributed by atoms with Crippen molar-refractivity contribution in [1.29, 1.82) is 0 Å². The van der Waals surface area contributed by atoms with Gasteiger partial charge in [0.2, 0.25) is 0 Å². The highest BCUT2D eigenvalue weighted by Gasteiger charge is 2.18. The second kappa shape index (κ2) is 5.84. The molecular formula is C10H18N2OS2. The zero-order valence-electron chi connectivity index (χ0n) is 9.41. The number of thiazole rings is 1. The van der Waals surface area contributed by atoms with E-state index in [-0.39, 0.29) is 0 Å². The van der Waals surface area contributed by atoms with Gasteiger partial charge >= 0.3 is 0 Å². The molecule has 0 aliphatic heterocycles. The summed E-state index contributed by atoms with van der Waals surface area (Å²) in [6, 6.07) is 0. The van der Waals surface area contributed by atoms with Crippen molar-refractivity contribution in [2.24, 2.45) is 0 Å². The van der Waals surface area contributed by atoms with Crippen LogP contribution in [0.25, 0.3) is 0 Å². The van der Waals surface area contributed by atoms with Crippen molar-refractivity contribution in [3.8, 4) is 0 Å². The average molecular weight is 246 g/mol. The number of aliphatic hydroxyl groups is 1.